The van der Waals surface area contributed by atoms with Crippen LogP contribution >= 0.6 is 0 Å². The second kappa shape index (κ2) is 2.71. The van der Waals surface area contributed by atoms with Crippen molar-refractivity contribution >= 4 is 0 Å². The number of nitrogens with zero attached hydrogens (tertiary/aromatic N) is 1. The third kappa shape index (κ3) is 1.27. The molecule has 1 spiro atoms. The van der Waals surface area contributed by atoms with Crippen molar-refractivity contribution in [2.75, 3.05) is 19.7 Å². The summed E-state index contributed by atoms with van der Waals surface area (Å²) in [5, 5.41) is 0. The van der Waals surface area contributed by atoms with Gasteiger partial charge >= 0.3 is 0 Å². The lowest BCUT2D eigenvalue weighted by molar-refractivity contribution is -0.0274. The van der Waals surface area contributed by atoms with Gasteiger partial charge in [-0.05, 0) is 27.2 Å². The molecule has 70 valence electrons. The number of ether oxygens (including phenoxy) is 1. The smallest absolute Gasteiger partial charge is 0.0554 e. The molecular weight excluding hydrogens is 150 g/mol. The summed E-state index contributed by atoms with van der Waals surface area (Å²) < 4.78 is 5.61. The van der Waals surface area contributed by atoms with Crippen LogP contribution < -0.4 is 0 Å². The Morgan fingerprint density at radius 1 is 1.42 bits per heavy atom. The van der Waals surface area contributed by atoms with Crippen LogP contribution in [-0.2, 0) is 4.74 Å². The average Bonchev–Trinajstić information content (AvgIpc) is 2.27. The molecule has 0 radical (unpaired) electrons. The van der Waals surface area contributed by atoms with E-state index in [1.807, 2.05) is 0 Å². The van der Waals surface area contributed by atoms with Crippen LogP contribution in [-0.4, -0.2) is 36.7 Å². The number of likely N-dealkylation sites (tertiary alicyclic amines) is 1. The predicted octanol–water partition coefficient (Wildman–Crippen LogP) is 1.51. The van der Waals surface area contributed by atoms with Crippen molar-refractivity contribution in [3.05, 3.63) is 0 Å². The third-order valence-electron chi connectivity index (χ3n) is 3.20. The van der Waals surface area contributed by atoms with Gasteiger partial charge in [0.25, 0.3) is 0 Å². The van der Waals surface area contributed by atoms with Crippen molar-refractivity contribution in [3.63, 3.8) is 0 Å². The van der Waals surface area contributed by atoms with Gasteiger partial charge in [-0.25, -0.2) is 0 Å². The molecule has 2 saturated heterocycles. The highest BCUT2D eigenvalue weighted by atomic mass is 16.5. The van der Waals surface area contributed by atoms with Gasteiger partial charge in [0.1, 0.15) is 0 Å². The fourth-order valence-corrected chi connectivity index (χ4v) is 2.45. The van der Waals surface area contributed by atoms with Crippen LogP contribution in [0.3, 0.4) is 0 Å². The molecule has 0 amide bonds. The summed E-state index contributed by atoms with van der Waals surface area (Å²) in [6.45, 7) is 10.2. The number of hydrogen-bond donors (Lipinski definition) is 0. The van der Waals surface area contributed by atoms with Crippen molar-refractivity contribution in [3.8, 4) is 0 Å². The van der Waals surface area contributed by atoms with Crippen LogP contribution in [0.15, 0.2) is 0 Å². The zero-order chi connectivity index (χ0) is 8.77. The Morgan fingerprint density at radius 3 is 2.50 bits per heavy atom. The molecule has 2 fully saturated rings. The Labute approximate surface area is 74.9 Å². The zero-order valence-electron chi connectivity index (χ0n) is 8.34. The Morgan fingerprint density at radius 2 is 2.08 bits per heavy atom. The van der Waals surface area contributed by atoms with E-state index >= 15 is 0 Å². The quantitative estimate of drug-likeness (QED) is 0.590. The van der Waals surface area contributed by atoms with Crippen molar-refractivity contribution < 1.29 is 4.74 Å². The molecule has 2 heterocycles. The normalized spacial score (nSPS) is 34.5. The van der Waals surface area contributed by atoms with E-state index in [1.165, 1.54) is 19.5 Å². The molecule has 1 unspecified atom stereocenters. The van der Waals surface area contributed by atoms with Crippen LogP contribution in [0.2, 0.25) is 0 Å². The maximum atomic E-state index is 5.61. The molecule has 0 saturated carbocycles. The summed E-state index contributed by atoms with van der Waals surface area (Å²) in [5.74, 6) is 0. The van der Waals surface area contributed by atoms with E-state index in [0.717, 1.165) is 6.61 Å². The molecule has 2 aliphatic heterocycles. The van der Waals surface area contributed by atoms with E-state index in [-0.39, 0.29) is 0 Å². The van der Waals surface area contributed by atoms with Gasteiger partial charge in [-0.2, -0.15) is 0 Å². The lowest BCUT2D eigenvalue weighted by atomic mass is 9.77. The maximum absolute atomic E-state index is 5.61. The van der Waals surface area contributed by atoms with E-state index < -0.39 is 0 Å². The topological polar surface area (TPSA) is 12.5 Å². The highest BCUT2D eigenvalue weighted by Gasteiger charge is 2.48. The predicted molar refractivity (Wildman–Crippen MR) is 49.2 cm³/mol. The minimum absolute atomic E-state index is 0.499. The number of hydrogen-bond acceptors (Lipinski definition) is 2. The molecule has 0 aliphatic carbocycles. The first-order valence-corrected chi connectivity index (χ1v) is 4.97. The summed E-state index contributed by atoms with van der Waals surface area (Å²) in [4.78, 5) is 2.53. The van der Waals surface area contributed by atoms with E-state index in [2.05, 4.69) is 25.7 Å². The summed E-state index contributed by atoms with van der Waals surface area (Å²) in [7, 11) is 0. The molecule has 1 atom stereocenters. The van der Waals surface area contributed by atoms with Crippen molar-refractivity contribution in [2.45, 2.75) is 39.3 Å². The molecule has 0 N–H and O–H groups in total. The molecule has 2 heteroatoms. The second-order valence-electron chi connectivity index (χ2n) is 4.82. The summed E-state index contributed by atoms with van der Waals surface area (Å²) in [6.07, 6.45) is 1.77. The Kier molecular flexibility index (Phi) is 1.92. The van der Waals surface area contributed by atoms with E-state index in [1.54, 1.807) is 0 Å². The van der Waals surface area contributed by atoms with Gasteiger partial charge in [0.15, 0.2) is 0 Å². The van der Waals surface area contributed by atoms with Gasteiger partial charge in [0.2, 0.25) is 0 Å². The lowest BCUT2D eigenvalue weighted by Gasteiger charge is -2.49. The molecule has 0 bridgehead atoms. The molecule has 0 aromatic heterocycles. The van der Waals surface area contributed by atoms with Crippen LogP contribution in [0.4, 0.5) is 0 Å². The zero-order valence-corrected chi connectivity index (χ0v) is 8.34. The second-order valence-corrected chi connectivity index (χ2v) is 4.82. The molecule has 0 aromatic rings. The third-order valence-corrected chi connectivity index (χ3v) is 3.20. The lowest BCUT2D eigenvalue weighted by Crippen LogP contribution is -2.59. The SMILES string of the molecule is CC1CC2(CO1)CN(C(C)C)C2. The van der Waals surface area contributed by atoms with Gasteiger partial charge in [-0.15, -0.1) is 0 Å². The van der Waals surface area contributed by atoms with Gasteiger partial charge in [0.05, 0.1) is 12.7 Å². The average molecular weight is 169 g/mol. The van der Waals surface area contributed by atoms with Gasteiger partial charge in [-0.3, -0.25) is 4.90 Å². The van der Waals surface area contributed by atoms with Crippen molar-refractivity contribution in [2.24, 2.45) is 5.41 Å². The fraction of sp³-hybridized carbons (Fsp3) is 1.00. The highest BCUT2D eigenvalue weighted by Crippen LogP contribution is 2.41. The molecule has 2 aliphatic rings. The van der Waals surface area contributed by atoms with Gasteiger partial charge in [-0.1, -0.05) is 0 Å². The first-order chi connectivity index (χ1) is 5.61. The van der Waals surface area contributed by atoms with Crippen LogP contribution in [0, 0.1) is 5.41 Å². The minimum atomic E-state index is 0.499. The van der Waals surface area contributed by atoms with Crippen LogP contribution in [0.25, 0.3) is 0 Å². The molecule has 2 rings (SSSR count). The van der Waals surface area contributed by atoms with Crippen LogP contribution in [0.1, 0.15) is 27.2 Å². The molecule has 12 heavy (non-hydrogen) atoms. The van der Waals surface area contributed by atoms with Gasteiger partial charge in [0, 0.05) is 24.5 Å². The van der Waals surface area contributed by atoms with Crippen molar-refractivity contribution in [1.82, 2.24) is 4.90 Å². The summed E-state index contributed by atoms with van der Waals surface area (Å²) in [6, 6.07) is 0.714. The monoisotopic (exact) mass is 169 g/mol. The molecule has 0 aromatic carbocycles. The first kappa shape index (κ1) is 8.52. The summed E-state index contributed by atoms with van der Waals surface area (Å²) >= 11 is 0. The van der Waals surface area contributed by atoms with Gasteiger partial charge < -0.3 is 4.74 Å². The minimum Gasteiger partial charge on any atom is -0.378 e. The standard InChI is InChI=1S/C10H19NO/c1-8(2)11-5-10(6-11)4-9(3)12-7-10/h8-9H,4-7H2,1-3H3. The molecular formula is C10H19NO. The number of rotatable bonds is 1. The Balaban J connectivity index is 1.87. The van der Waals surface area contributed by atoms with E-state index in [9.17, 15) is 0 Å². The van der Waals surface area contributed by atoms with E-state index in [0.29, 0.717) is 17.6 Å². The largest absolute Gasteiger partial charge is 0.378 e. The molecule has 2 nitrogen and oxygen atoms in total. The summed E-state index contributed by atoms with van der Waals surface area (Å²) in [5.41, 5.74) is 0.545. The highest BCUT2D eigenvalue weighted by molar-refractivity contribution is 4.99. The fourth-order valence-electron chi connectivity index (χ4n) is 2.45. The first-order valence-electron chi connectivity index (χ1n) is 4.97. The van der Waals surface area contributed by atoms with E-state index in [4.69, 9.17) is 4.74 Å². The Hall–Kier alpha value is -0.0800. The van der Waals surface area contributed by atoms with Crippen LogP contribution in [0.5, 0.6) is 0 Å². The van der Waals surface area contributed by atoms with Crippen molar-refractivity contribution in [1.29, 1.82) is 0 Å². The Bertz CT molecular complexity index is 173. The maximum Gasteiger partial charge on any atom is 0.0554 e.